The molecule has 0 fully saturated rings. The van der Waals surface area contributed by atoms with Gasteiger partial charge < -0.3 is 9.88 Å². The van der Waals surface area contributed by atoms with Gasteiger partial charge in [-0.1, -0.05) is 146 Å². The minimum atomic E-state index is -0.154. The molecule has 57 heavy (non-hydrogen) atoms. The van der Waals surface area contributed by atoms with Crippen molar-refractivity contribution in [3.05, 3.63) is 185 Å². The fourth-order valence-electron chi connectivity index (χ4n) is 9.20. The van der Waals surface area contributed by atoms with Crippen LogP contribution >= 0.6 is 22.7 Å². The Labute approximate surface area is 337 Å². The molecular weight excluding hydrogens is 733 g/mol. The van der Waals surface area contributed by atoms with Crippen molar-refractivity contribution in [2.24, 2.45) is 4.99 Å². The summed E-state index contributed by atoms with van der Waals surface area (Å²) < 4.78 is 7.77. The van der Waals surface area contributed by atoms with Gasteiger partial charge in [0.1, 0.15) is 18.2 Å². The summed E-state index contributed by atoms with van der Waals surface area (Å²) in [5.74, 6) is 0.926. The normalized spacial score (nSPS) is 16.9. The summed E-state index contributed by atoms with van der Waals surface area (Å²) in [5, 5.41) is 15.5. The quantitative estimate of drug-likeness (QED) is 0.183. The number of hydrogen-bond donors (Lipinski definition) is 2. The molecule has 0 saturated carbocycles. The molecule has 2 atom stereocenters. The van der Waals surface area contributed by atoms with Crippen LogP contribution in [-0.2, 0) is 0 Å². The third-order valence-corrected chi connectivity index (χ3v) is 14.2. The van der Waals surface area contributed by atoms with Gasteiger partial charge in [-0.15, -0.1) is 22.7 Å². The lowest BCUT2D eigenvalue weighted by Crippen LogP contribution is -2.50. The Morgan fingerprint density at radius 1 is 0.579 bits per heavy atom. The molecule has 0 radical (unpaired) electrons. The number of amidine groups is 1. The second kappa shape index (κ2) is 13.1. The van der Waals surface area contributed by atoms with Gasteiger partial charge in [0.2, 0.25) is 0 Å². The number of para-hydroxylation sites is 2. The molecule has 7 aromatic carbocycles. The third kappa shape index (κ3) is 5.25. The van der Waals surface area contributed by atoms with Crippen LogP contribution in [0.25, 0.3) is 80.5 Å². The van der Waals surface area contributed by atoms with Crippen LogP contribution in [0.5, 0.6) is 0 Å². The summed E-state index contributed by atoms with van der Waals surface area (Å²) in [4.78, 5) is 5.38. The fourth-order valence-corrected chi connectivity index (χ4v) is 11.8. The summed E-state index contributed by atoms with van der Waals surface area (Å²) in [7, 11) is 0. The molecule has 1 aliphatic carbocycles. The van der Waals surface area contributed by atoms with Gasteiger partial charge in [-0.3, -0.25) is 5.32 Å². The summed E-state index contributed by atoms with van der Waals surface area (Å²) in [5.41, 5.74) is 9.92. The Bertz CT molecular complexity index is 3320. The van der Waals surface area contributed by atoms with E-state index in [0.29, 0.717) is 0 Å². The fraction of sp³-hybridized carbons (Fsp3) is 0.0784. The Morgan fingerprint density at radius 2 is 1.28 bits per heavy atom. The summed E-state index contributed by atoms with van der Waals surface area (Å²) in [6.07, 6.45) is 4.20. The predicted molar refractivity (Wildman–Crippen MR) is 243 cm³/mol. The lowest BCUT2D eigenvalue weighted by atomic mass is 9.96. The van der Waals surface area contributed by atoms with Crippen LogP contribution in [0, 0.1) is 0 Å². The molecule has 1 aliphatic heterocycles. The first kappa shape index (κ1) is 32.9. The van der Waals surface area contributed by atoms with Crippen LogP contribution in [0.15, 0.2) is 169 Å². The van der Waals surface area contributed by atoms with Crippen molar-refractivity contribution in [1.82, 2.24) is 15.2 Å². The zero-order chi connectivity index (χ0) is 37.5. The zero-order valence-electron chi connectivity index (χ0n) is 30.9. The molecule has 4 nitrogen and oxygen atoms in total. The van der Waals surface area contributed by atoms with E-state index in [9.17, 15) is 0 Å². The van der Waals surface area contributed by atoms with Gasteiger partial charge in [0.25, 0.3) is 0 Å². The topological polar surface area (TPSA) is 41.4 Å². The van der Waals surface area contributed by atoms with Gasteiger partial charge in [0, 0.05) is 51.6 Å². The van der Waals surface area contributed by atoms with Crippen molar-refractivity contribution in [3.8, 4) is 16.8 Å². The zero-order valence-corrected chi connectivity index (χ0v) is 32.6. The van der Waals surface area contributed by atoms with Crippen molar-refractivity contribution < 1.29 is 0 Å². The third-order valence-electron chi connectivity index (χ3n) is 11.8. The van der Waals surface area contributed by atoms with Gasteiger partial charge in [-0.2, -0.15) is 0 Å². The summed E-state index contributed by atoms with van der Waals surface area (Å²) in [6, 6.07) is 59.5. The Hall–Kier alpha value is -6.31. The minimum absolute atomic E-state index is 0.0604. The number of aromatic nitrogens is 1. The number of aliphatic imine (C=N–C) groups is 1. The van der Waals surface area contributed by atoms with Crippen LogP contribution in [0.3, 0.4) is 0 Å². The molecular formula is C51H36N4S2. The van der Waals surface area contributed by atoms with Crippen LogP contribution in [0.2, 0.25) is 0 Å². The second-order valence-electron chi connectivity index (χ2n) is 15.0. The molecule has 2 aliphatic rings. The van der Waals surface area contributed by atoms with Crippen molar-refractivity contribution in [3.63, 3.8) is 0 Å². The van der Waals surface area contributed by atoms with Gasteiger partial charge in [0.15, 0.2) is 0 Å². The smallest absolute Gasteiger partial charge is 0.131 e. The highest BCUT2D eigenvalue weighted by Crippen LogP contribution is 2.43. The van der Waals surface area contributed by atoms with Gasteiger partial charge >= 0.3 is 0 Å². The van der Waals surface area contributed by atoms with E-state index >= 15 is 0 Å². The number of thiophene rings is 2. The SMILES string of the molecule is C1=c2sc3c(-c4ccc5c(c4)sc4c(-n6c7ccccc7c7ccccc76)cccc45)cccc3c2=C(C2N=C(c3ccccc3)NC(c3ccccc3)N2)CC1. The molecule has 2 N–H and O–H groups in total. The summed E-state index contributed by atoms with van der Waals surface area (Å²) in [6.45, 7) is 0. The molecule has 10 aromatic rings. The Balaban J connectivity index is 1.00. The lowest BCUT2D eigenvalue weighted by Gasteiger charge is -2.33. The van der Waals surface area contributed by atoms with Crippen molar-refractivity contribution in [2.45, 2.75) is 25.2 Å². The number of hydrogen-bond acceptors (Lipinski definition) is 5. The van der Waals surface area contributed by atoms with E-state index in [2.05, 4.69) is 185 Å². The Morgan fingerprint density at radius 3 is 2.09 bits per heavy atom. The van der Waals surface area contributed by atoms with E-state index in [1.54, 1.807) is 0 Å². The average Bonchev–Trinajstić information content (AvgIpc) is 3.96. The van der Waals surface area contributed by atoms with Gasteiger partial charge in [0.05, 0.1) is 21.4 Å². The van der Waals surface area contributed by atoms with Crippen molar-refractivity contribution in [2.75, 3.05) is 0 Å². The number of nitrogens with one attached hydrogen (secondary N) is 2. The predicted octanol–water partition coefficient (Wildman–Crippen LogP) is 11.4. The van der Waals surface area contributed by atoms with Crippen LogP contribution in [-0.4, -0.2) is 16.6 Å². The van der Waals surface area contributed by atoms with E-state index in [1.165, 1.54) is 89.8 Å². The molecule has 0 saturated heterocycles. The van der Waals surface area contributed by atoms with Crippen molar-refractivity contribution in [1.29, 1.82) is 0 Å². The maximum atomic E-state index is 5.38. The number of nitrogens with zero attached hydrogens (tertiary/aromatic N) is 2. The molecule has 12 rings (SSSR count). The van der Waals surface area contributed by atoms with E-state index in [-0.39, 0.29) is 12.3 Å². The number of benzene rings is 7. The molecule has 272 valence electrons. The molecule has 0 amide bonds. The van der Waals surface area contributed by atoms with Crippen molar-refractivity contribution >= 4 is 92.2 Å². The molecule has 6 heteroatoms. The van der Waals surface area contributed by atoms with E-state index < -0.39 is 0 Å². The Kier molecular flexibility index (Phi) is 7.58. The van der Waals surface area contributed by atoms with Crippen LogP contribution in [0.4, 0.5) is 0 Å². The van der Waals surface area contributed by atoms with Crippen LogP contribution < -0.4 is 20.4 Å². The standard InChI is InChI=1S/C51H36N4S2/c1-3-14-31(15-4-1)49-52-50(32-16-5-2-6-17-32)54-51(53-49)40-23-13-27-44-46(40)39-22-11-20-34(47(39)56-44)33-28-29-37-38-21-12-26-43(48(38)57-45(37)30-33)55-41-24-9-7-18-35(41)36-19-8-10-25-42(36)55/h1-12,14-22,24-30,49,51,53H,13,23H2,(H,52,54). The maximum Gasteiger partial charge on any atom is 0.131 e. The van der Waals surface area contributed by atoms with Gasteiger partial charge in [-0.05, 0) is 59.4 Å². The van der Waals surface area contributed by atoms with E-state index in [1.807, 2.05) is 22.7 Å². The molecule has 3 aromatic heterocycles. The summed E-state index contributed by atoms with van der Waals surface area (Å²) >= 11 is 3.83. The molecule has 0 spiro atoms. The molecule has 2 unspecified atom stereocenters. The number of fused-ring (bicyclic) bond motifs is 9. The van der Waals surface area contributed by atoms with Crippen LogP contribution in [0.1, 0.15) is 30.1 Å². The second-order valence-corrected chi connectivity index (χ2v) is 17.1. The minimum Gasteiger partial charge on any atom is -0.350 e. The monoisotopic (exact) mass is 768 g/mol. The van der Waals surface area contributed by atoms with E-state index in [0.717, 1.165) is 24.2 Å². The highest BCUT2D eigenvalue weighted by molar-refractivity contribution is 7.26. The van der Waals surface area contributed by atoms with E-state index in [4.69, 9.17) is 4.99 Å². The highest BCUT2D eigenvalue weighted by atomic mass is 32.1. The first-order valence-corrected chi connectivity index (χ1v) is 21.3. The largest absolute Gasteiger partial charge is 0.350 e. The first-order valence-electron chi connectivity index (χ1n) is 19.7. The average molecular weight is 769 g/mol. The molecule has 0 bridgehead atoms. The maximum absolute atomic E-state index is 5.38. The molecule has 4 heterocycles. The lowest BCUT2D eigenvalue weighted by molar-refractivity contribution is 0.444. The first-order chi connectivity index (χ1) is 28.3. The van der Waals surface area contributed by atoms with Gasteiger partial charge in [-0.25, -0.2) is 4.99 Å². The highest BCUT2D eigenvalue weighted by Gasteiger charge is 2.28. The number of rotatable bonds is 5.